The molecule has 1 aliphatic heterocycles. The predicted octanol–water partition coefficient (Wildman–Crippen LogP) is 3.07. The number of nitrogens with two attached hydrogens (primary N) is 1. The number of rotatable bonds is 7. The van der Waals surface area contributed by atoms with Crippen LogP contribution in [0.3, 0.4) is 0 Å². The minimum Gasteiger partial charge on any atom is -0.492 e. The molecule has 0 unspecified atom stereocenters. The van der Waals surface area contributed by atoms with E-state index in [-0.39, 0.29) is 5.56 Å². The van der Waals surface area contributed by atoms with Crippen LogP contribution in [0.5, 0.6) is 5.75 Å². The Hall–Kier alpha value is -3.45. The van der Waals surface area contributed by atoms with Crippen LogP contribution < -0.4 is 16.1 Å². The Kier molecular flexibility index (Phi) is 6.20. The van der Waals surface area contributed by atoms with E-state index in [9.17, 15) is 4.79 Å². The molecule has 0 spiro atoms. The molecule has 2 aromatic carbocycles. The molecule has 0 amide bonds. The first-order valence-corrected chi connectivity index (χ1v) is 10.1. The Morgan fingerprint density at radius 1 is 1.13 bits per heavy atom. The van der Waals surface area contributed by atoms with E-state index in [0.717, 1.165) is 28.9 Å². The molecule has 1 fully saturated rings. The quantitative estimate of drug-likeness (QED) is 0.360. The topological polar surface area (TPSA) is 96.1 Å². The molecule has 4 rings (SSSR count). The lowest BCUT2D eigenvalue weighted by atomic mass is 10.1. The zero-order chi connectivity index (χ0) is 20.8. The average molecular weight is 403 g/mol. The van der Waals surface area contributed by atoms with Crippen molar-refractivity contribution in [3.05, 3.63) is 70.5 Å². The molecule has 0 atom stereocenters. The van der Waals surface area contributed by atoms with Crippen molar-refractivity contribution in [1.29, 1.82) is 0 Å². The van der Waals surface area contributed by atoms with Crippen molar-refractivity contribution in [1.82, 2.24) is 9.88 Å². The lowest BCUT2D eigenvalue weighted by Crippen LogP contribution is -2.25. The summed E-state index contributed by atoms with van der Waals surface area (Å²) in [7, 11) is 0. The Morgan fingerprint density at radius 2 is 1.90 bits per heavy atom. The van der Waals surface area contributed by atoms with Crippen LogP contribution >= 0.6 is 0 Å². The molecule has 1 aliphatic rings. The molecule has 7 heteroatoms. The van der Waals surface area contributed by atoms with Gasteiger partial charge in [0.05, 0.1) is 17.5 Å². The molecule has 3 N–H and O–H groups in total. The molecule has 2 heterocycles. The molecule has 154 valence electrons. The summed E-state index contributed by atoms with van der Waals surface area (Å²) in [5.41, 5.74) is 1.92. The molecule has 0 radical (unpaired) electrons. The van der Waals surface area contributed by atoms with E-state index < -0.39 is 0 Å². The van der Waals surface area contributed by atoms with Crippen LogP contribution in [-0.4, -0.2) is 48.1 Å². The van der Waals surface area contributed by atoms with Crippen LogP contribution in [0.15, 0.2) is 69.5 Å². The highest BCUT2D eigenvalue weighted by Crippen LogP contribution is 2.18. The van der Waals surface area contributed by atoms with Gasteiger partial charge in [0.25, 0.3) is 5.56 Å². The molecule has 0 saturated carbocycles. The van der Waals surface area contributed by atoms with E-state index in [1.807, 2.05) is 48.5 Å². The molecule has 1 saturated heterocycles. The maximum atomic E-state index is 12.4. The number of hydrazone groups is 1. The van der Waals surface area contributed by atoms with E-state index in [2.05, 4.69) is 20.0 Å². The van der Waals surface area contributed by atoms with Crippen molar-refractivity contribution in [2.45, 2.75) is 12.8 Å². The van der Waals surface area contributed by atoms with E-state index in [1.165, 1.54) is 32.1 Å². The summed E-state index contributed by atoms with van der Waals surface area (Å²) in [5.74, 6) is 6.34. The van der Waals surface area contributed by atoms with Gasteiger partial charge in [-0.3, -0.25) is 14.7 Å². The Bertz CT molecular complexity index is 1110. The van der Waals surface area contributed by atoms with Crippen LogP contribution in [-0.2, 0) is 0 Å². The maximum Gasteiger partial charge on any atom is 0.258 e. The van der Waals surface area contributed by atoms with E-state index in [4.69, 9.17) is 10.6 Å². The number of benzene rings is 2. The first-order valence-electron chi connectivity index (χ1n) is 10.1. The highest BCUT2D eigenvalue weighted by Gasteiger charge is 2.11. The Labute approximate surface area is 174 Å². The SMILES string of the molecule is NN=C(C=Nc1ccc(OCCN2CCCC2)cc1)c1cc2ccccc2[nH]c1=O. The van der Waals surface area contributed by atoms with Gasteiger partial charge in [-0.1, -0.05) is 18.2 Å². The number of para-hydroxylation sites is 1. The van der Waals surface area contributed by atoms with E-state index in [1.54, 1.807) is 6.07 Å². The summed E-state index contributed by atoms with van der Waals surface area (Å²) in [4.78, 5) is 22.1. The zero-order valence-corrected chi connectivity index (χ0v) is 16.8. The van der Waals surface area contributed by atoms with Gasteiger partial charge in [0, 0.05) is 12.1 Å². The number of H-pyrrole nitrogens is 1. The number of nitrogens with one attached hydrogen (secondary N) is 1. The highest BCUT2D eigenvalue weighted by molar-refractivity contribution is 6.38. The van der Waals surface area contributed by atoms with Gasteiger partial charge in [-0.15, -0.1) is 0 Å². The number of aromatic nitrogens is 1. The van der Waals surface area contributed by atoms with Crippen molar-refractivity contribution >= 4 is 28.5 Å². The van der Waals surface area contributed by atoms with Crippen molar-refractivity contribution in [3.8, 4) is 5.75 Å². The number of nitrogens with zero attached hydrogens (tertiary/aromatic N) is 3. The Balaban J connectivity index is 1.42. The van der Waals surface area contributed by atoms with Crippen molar-refractivity contribution in [2.24, 2.45) is 15.9 Å². The molecule has 0 aliphatic carbocycles. The molecule has 1 aromatic heterocycles. The normalized spacial score (nSPS) is 15.3. The highest BCUT2D eigenvalue weighted by atomic mass is 16.5. The molecular formula is C23H25N5O2. The summed E-state index contributed by atoms with van der Waals surface area (Å²) in [6.45, 7) is 3.97. The van der Waals surface area contributed by atoms with Gasteiger partial charge < -0.3 is 15.6 Å². The predicted molar refractivity (Wildman–Crippen MR) is 121 cm³/mol. The van der Waals surface area contributed by atoms with E-state index in [0.29, 0.717) is 17.9 Å². The fourth-order valence-corrected chi connectivity index (χ4v) is 3.57. The largest absolute Gasteiger partial charge is 0.492 e. The van der Waals surface area contributed by atoms with Crippen LogP contribution in [0, 0.1) is 0 Å². The summed E-state index contributed by atoms with van der Waals surface area (Å²) < 4.78 is 5.81. The fourth-order valence-electron chi connectivity index (χ4n) is 3.57. The van der Waals surface area contributed by atoms with Gasteiger partial charge in [0.1, 0.15) is 18.1 Å². The third-order valence-electron chi connectivity index (χ3n) is 5.22. The monoisotopic (exact) mass is 403 g/mol. The van der Waals surface area contributed by atoms with Gasteiger partial charge in [0.2, 0.25) is 0 Å². The number of pyridine rings is 1. The number of fused-ring (bicyclic) bond motifs is 1. The molecule has 30 heavy (non-hydrogen) atoms. The van der Waals surface area contributed by atoms with Gasteiger partial charge in [0.15, 0.2) is 0 Å². The first kappa shape index (κ1) is 19.8. The van der Waals surface area contributed by atoms with Crippen LogP contribution in [0.25, 0.3) is 10.9 Å². The smallest absolute Gasteiger partial charge is 0.258 e. The van der Waals surface area contributed by atoms with Crippen molar-refractivity contribution < 1.29 is 4.74 Å². The van der Waals surface area contributed by atoms with Crippen molar-refractivity contribution in [2.75, 3.05) is 26.2 Å². The zero-order valence-electron chi connectivity index (χ0n) is 16.8. The van der Waals surface area contributed by atoms with E-state index >= 15 is 0 Å². The number of aliphatic imine (C=N–C) groups is 1. The summed E-state index contributed by atoms with van der Waals surface area (Å²) in [6, 6.07) is 16.8. The third-order valence-corrected chi connectivity index (χ3v) is 5.22. The van der Waals surface area contributed by atoms with Crippen molar-refractivity contribution in [3.63, 3.8) is 0 Å². The lowest BCUT2D eigenvalue weighted by Gasteiger charge is -2.14. The molecular weight excluding hydrogens is 378 g/mol. The number of hydrogen-bond donors (Lipinski definition) is 2. The van der Waals surface area contributed by atoms with Gasteiger partial charge in [-0.25, -0.2) is 0 Å². The van der Waals surface area contributed by atoms with Gasteiger partial charge in [-0.2, -0.15) is 5.10 Å². The lowest BCUT2D eigenvalue weighted by molar-refractivity contribution is 0.238. The average Bonchev–Trinajstić information content (AvgIpc) is 3.29. The standard InChI is InChI=1S/C23H25N5O2/c24-27-22(20-15-17-5-1-2-6-21(17)26-23(20)29)16-25-18-7-9-19(10-8-18)30-14-13-28-11-3-4-12-28/h1-2,5-10,15-16H,3-4,11-14,24H2,(H,26,29). The molecule has 0 bridgehead atoms. The fraction of sp³-hybridized carbons (Fsp3) is 0.261. The van der Waals surface area contributed by atoms with Crippen LogP contribution in [0.4, 0.5) is 5.69 Å². The maximum absolute atomic E-state index is 12.4. The minimum absolute atomic E-state index is 0.258. The second-order valence-electron chi connectivity index (χ2n) is 7.26. The minimum atomic E-state index is -0.258. The summed E-state index contributed by atoms with van der Waals surface area (Å²) in [5, 5.41) is 4.65. The van der Waals surface area contributed by atoms with Gasteiger partial charge >= 0.3 is 0 Å². The van der Waals surface area contributed by atoms with Crippen LogP contribution in [0.1, 0.15) is 18.4 Å². The second-order valence-corrected chi connectivity index (χ2v) is 7.26. The second kappa shape index (κ2) is 9.37. The first-order chi connectivity index (χ1) is 14.7. The molecule has 3 aromatic rings. The van der Waals surface area contributed by atoms with Gasteiger partial charge in [-0.05, 0) is 67.7 Å². The number of likely N-dealkylation sites (tertiary alicyclic amines) is 1. The Morgan fingerprint density at radius 3 is 2.67 bits per heavy atom. The summed E-state index contributed by atoms with van der Waals surface area (Å²) in [6.07, 6.45) is 4.07. The summed E-state index contributed by atoms with van der Waals surface area (Å²) >= 11 is 0. The molecule has 7 nitrogen and oxygen atoms in total. The number of ether oxygens (including phenoxy) is 1. The number of hydrogen-bond acceptors (Lipinski definition) is 6. The number of aromatic amines is 1. The van der Waals surface area contributed by atoms with Crippen LogP contribution in [0.2, 0.25) is 0 Å². The third kappa shape index (κ3) is 4.75.